The standard InChI is InChI=1S/C25H20O3/c1-2-28-25(27)24-20(26)14-19-17-12-6-10-15-11-7-13-18(21(15)17)23(19)22(24)16-8-4-3-5-9-16/h3-14,22-24H,2H2,1H3. The number of ketones is 1. The van der Waals surface area contributed by atoms with Crippen LogP contribution in [-0.4, -0.2) is 18.4 Å². The molecule has 0 aromatic heterocycles. The highest BCUT2D eigenvalue weighted by Gasteiger charge is 2.48. The summed E-state index contributed by atoms with van der Waals surface area (Å²) in [6.45, 7) is 2.04. The minimum absolute atomic E-state index is 0.0318. The first kappa shape index (κ1) is 16.9. The maximum atomic E-state index is 13.1. The fraction of sp³-hybridized carbons (Fsp3) is 0.200. The van der Waals surface area contributed by atoms with Gasteiger partial charge in [0, 0.05) is 11.8 Å². The molecule has 3 aromatic carbocycles. The van der Waals surface area contributed by atoms with Crippen LogP contribution >= 0.6 is 0 Å². The molecule has 138 valence electrons. The number of carbonyl (C=O) groups excluding carboxylic acids is 2. The Morgan fingerprint density at radius 1 is 0.964 bits per heavy atom. The molecule has 0 fully saturated rings. The molecule has 0 N–H and O–H groups in total. The SMILES string of the molecule is CCOC(=O)C1C(=O)C=C2c3cccc4cccc(c34)C2C1c1ccccc1. The Balaban J connectivity index is 1.77. The second-order valence-electron chi connectivity index (χ2n) is 7.40. The molecule has 2 aliphatic carbocycles. The average molecular weight is 368 g/mol. The number of ether oxygens (including phenoxy) is 1. The van der Waals surface area contributed by atoms with Crippen LogP contribution in [-0.2, 0) is 14.3 Å². The molecule has 3 aromatic rings. The molecule has 2 aliphatic rings. The van der Waals surface area contributed by atoms with Gasteiger partial charge < -0.3 is 4.74 Å². The number of benzene rings is 3. The second-order valence-corrected chi connectivity index (χ2v) is 7.40. The molecule has 3 unspecified atom stereocenters. The molecule has 3 atom stereocenters. The monoisotopic (exact) mass is 368 g/mol. The van der Waals surface area contributed by atoms with E-state index in [1.54, 1.807) is 13.0 Å². The first-order chi connectivity index (χ1) is 13.7. The highest BCUT2D eigenvalue weighted by atomic mass is 16.5. The van der Waals surface area contributed by atoms with Crippen LogP contribution in [0, 0.1) is 5.92 Å². The lowest BCUT2D eigenvalue weighted by Gasteiger charge is -2.34. The van der Waals surface area contributed by atoms with E-state index in [9.17, 15) is 9.59 Å². The Morgan fingerprint density at radius 3 is 2.46 bits per heavy atom. The van der Waals surface area contributed by atoms with Gasteiger partial charge in [0.1, 0.15) is 5.92 Å². The first-order valence-electron chi connectivity index (χ1n) is 9.69. The smallest absolute Gasteiger partial charge is 0.317 e. The zero-order valence-corrected chi connectivity index (χ0v) is 15.6. The van der Waals surface area contributed by atoms with Crippen molar-refractivity contribution in [2.75, 3.05) is 6.61 Å². The Morgan fingerprint density at radius 2 is 1.71 bits per heavy atom. The van der Waals surface area contributed by atoms with Crippen molar-refractivity contribution in [3.63, 3.8) is 0 Å². The lowest BCUT2D eigenvalue weighted by molar-refractivity contribution is -0.151. The van der Waals surface area contributed by atoms with Crippen LogP contribution in [0.25, 0.3) is 16.3 Å². The fourth-order valence-electron chi connectivity index (χ4n) is 4.93. The largest absolute Gasteiger partial charge is 0.465 e. The van der Waals surface area contributed by atoms with Gasteiger partial charge >= 0.3 is 5.97 Å². The van der Waals surface area contributed by atoms with Gasteiger partial charge in [0.25, 0.3) is 0 Å². The predicted molar refractivity (Wildman–Crippen MR) is 109 cm³/mol. The van der Waals surface area contributed by atoms with Crippen molar-refractivity contribution < 1.29 is 14.3 Å². The maximum absolute atomic E-state index is 13.1. The maximum Gasteiger partial charge on any atom is 0.317 e. The van der Waals surface area contributed by atoms with Gasteiger partial charge in [-0.15, -0.1) is 0 Å². The van der Waals surface area contributed by atoms with Crippen molar-refractivity contribution in [1.29, 1.82) is 0 Å². The number of allylic oxidation sites excluding steroid dienone is 2. The van der Waals surface area contributed by atoms with Gasteiger partial charge in [-0.3, -0.25) is 9.59 Å². The van der Waals surface area contributed by atoms with Crippen molar-refractivity contribution in [3.8, 4) is 0 Å². The Kier molecular flexibility index (Phi) is 3.90. The molecular weight excluding hydrogens is 348 g/mol. The van der Waals surface area contributed by atoms with E-state index in [0.29, 0.717) is 0 Å². The van der Waals surface area contributed by atoms with Crippen molar-refractivity contribution >= 4 is 28.1 Å². The van der Waals surface area contributed by atoms with Gasteiger partial charge in [0.15, 0.2) is 5.78 Å². The number of hydrogen-bond donors (Lipinski definition) is 0. The van der Waals surface area contributed by atoms with E-state index in [1.165, 1.54) is 10.9 Å². The topological polar surface area (TPSA) is 43.4 Å². The van der Waals surface area contributed by atoms with Crippen LogP contribution in [0.4, 0.5) is 0 Å². The van der Waals surface area contributed by atoms with E-state index in [4.69, 9.17) is 4.74 Å². The average Bonchev–Trinajstić information content (AvgIpc) is 3.03. The van der Waals surface area contributed by atoms with Crippen molar-refractivity contribution in [3.05, 3.63) is 89.5 Å². The minimum Gasteiger partial charge on any atom is -0.465 e. The molecule has 5 rings (SSSR count). The van der Waals surface area contributed by atoms with Crippen LogP contribution in [0.2, 0.25) is 0 Å². The van der Waals surface area contributed by atoms with Gasteiger partial charge in [0.2, 0.25) is 0 Å². The van der Waals surface area contributed by atoms with E-state index in [2.05, 4.69) is 30.3 Å². The Labute approximate surface area is 163 Å². The molecule has 28 heavy (non-hydrogen) atoms. The molecule has 0 radical (unpaired) electrons. The lowest BCUT2D eigenvalue weighted by atomic mass is 9.67. The number of carbonyl (C=O) groups is 2. The van der Waals surface area contributed by atoms with Crippen LogP contribution in [0.15, 0.2) is 72.8 Å². The van der Waals surface area contributed by atoms with Crippen molar-refractivity contribution in [1.82, 2.24) is 0 Å². The zero-order chi connectivity index (χ0) is 19.3. The third kappa shape index (κ3) is 2.36. The summed E-state index contributed by atoms with van der Waals surface area (Å²) in [4.78, 5) is 26.0. The van der Waals surface area contributed by atoms with Crippen molar-refractivity contribution in [2.45, 2.75) is 18.8 Å². The molecule has 0 bridgehead atoms. The number of rotatable bonds is 3. The van der Waals surface area contributed by atoms with E-state index in [1.807, 2.05) is 36.4 Å². The first-order valence-corrected chi connectivity index (χ1v) is 9.69. The summed E-state index contributed by atoms with van der Waals surface area (Å²) in [5.74, 6) is -1.72. The van der Waals surface area contributed by atoms with E-state index >= 15 is 0 Å². The Hall–Kier alpha value is -3.20. The summed E-state index contributed by atoms with van der Waals surface area (Å²) in [5.41, 5.74) is 4.31. The van der Waals surface area contributed by atoms with Crippen LogP contribution in [0.1, 0.15) is 35.4 Å². The highest BCUT2D eigenvalue weighted by Crippen LogP contribution is 2.57. The number of esters is 1. The highest BCUT2D eigenvalue weighted by molar-refractivity contribution is 6.16. The van der Waals surface area contributed by atoms with Crippen molar-refractivity contribution in [2.24, 2.45) is 5.92 Å². The summed E-state index contributed by atoms with van der Waals surface area (Å²) in [7, 11) is 0. The molecule has 0 aliphatic heterocycles. The summed E-state index contributed by atoms with van der Waals surface area (Å²) in [6, 6.07) is 22.4. The second kappa shape index (κ2) is 6.45. The third-order valence-corrected chi connectivity index (χ3v) is 5.97. The third-order valence-electron chi connectivity index (χ3n) is 5.97. The van der Waals surface area contributed by atoms with Gasteiger partial charge in [0.05, 0.1) is 6.61 Å². The van der Waals surface area contributed by atoms with E-state index < -0.39 is 11.9 Å². The molecule has 0 saturated carbocycles. The van der Waals surface area contributed by atoms with Gasteiger partial charge in [-0.2, -0.15) is 0 Å². The number of fused-ring (bicyclic) bond motifs is 3. The molecular formula is C25H20O3. The summed E-state index contributed by atoms with van der Waals surface area (Å²) in [6.07, 6.45) is 1.68. The predicted octanol–water partition coefficient (Wildman–Crippen LogP) is 4.87. The van der Waals surface area contributed by atoms with Gasteiger partial charge in [-0.25, -0.2) is 0 Å². The van der Waals surface area contributed by atoms with Gasteiger partial charge in [-0.05, 0) is 46.0 Å². The summed E-state index contributed by atoms with van der Waals surface area (Å²) >= 11 is 0. The molecule has 0 saturated heterocycles. The number of hydrogen-bond acceptors (Lipinski definition) is 3. The van der Waals surface area contributed by atoms with Crippen LogP contribution < -0.4 is 0 Å². The van der Waals surface area contributed by atoms with Crippen LogP contribution in [0.5, 0.6) is 0 Å². The summed E-state index contributed by atoms with van der Waals surface area (Å²) in [5, 5.41) is 2.36. The quantitative estimate of drug-likeness (QED) is 0.489. The van der Waals surface area contributed by atoms with E-state index in [-0.39, 0.29) is 24.2 Å². The minimum atomic E-state index is -0.819. The normalized spacial score (nSPS) is 22.7. The molecule has 3 nitrogen and oxygen atoms in total. The van der Waals surface area contributed by atoms with Gasteiger partial charge in [-0.1, -0.05) is 66.7 Å². The molecule has 0 heterocycles. The Bertz CT molecular complexity index is 1120. The zero-order valence-electron chi connectivity index (χ0n) is 15.6. The summed E-state index contributed by atoms with van der Waals surface area (Å²) < 4.78 is 5.31. The van der Waals surface area contributed by atoms with E-state index in [0.717, 1.165) is 22.1 Å². The van der Waals surface area contributed by atoms with Crippen LogP contribution in [0.3, 0.4) is 0 Å². The molecule has 3 heteroatoms. The molecule has 0 amide bonds. The molecule has 0 spiro atoms. The fourth-order valence-corrected chi connectivity index (χ4v) is 4.93. The lowest BCUT2D eigenvalue weighted by Crippen LogP contribution is -2.36.